The average molecular weight is 192 g/mol. The van der Waals surface area contributed by atoms with Gasteiger partial charge in [-0.1, -0.05) is 37.0 Å². The molecule has 0 bridgehead atoms. The Balaban J connectivity index is 0.000000461. The summed E-state index contributed by atoms with van der Waals surface area (Å²) in [7, 11) is 0. The summed E-state index contributed by atoms with van der Waals surface area (Å²) in [4.78, 5) is 3.78. The molecule has 0 saturated heterocycles. The summed E-state index contributed by atoms with van der Waals surface area (Å²) in [5.74, 6) is 0. The quantitative estimate of drug-likeness (QED) is 0.610. The van der Waals surface area contributed by atoms with Crippen molar-refractivity contribution < 1.29 is 0 Å². The van der Waals surface area contributed by atoms with Gasteiger partial charge in [0.25, 0.3) is 0 Å². The number of hydrogen-bond donors (Lipinski definition) is 0. The second kappa shape index (κ2) is 5.39. The lowest BCUT2D eigenvalue weighted by Gasteiger charge is -1.95. The first kappa shape index (κ1) is 10.7. The number of pyridine rings is 1. The minimum atomic E-state index is 0.613. The summed E-state index contributed by atoms with van der Waals surface area (Å²) >= 11 is 11.3. The number of halogens is 2. The largest absolute Gasteiger partial charge is 0.262 e. The zero-order valence-electron chi connectivity index (χ0n) is 6.86. The molecule has 1 aromatic rings. The zero-order valence-corrected chi connectivity index (χ0v) is 8.37. The maximum Gasteiger partial charge on any atom is 0.0633 e. The Kier molecular flexibility index (Phi) is 5.26. The molecule has 0 radical (unpaired) electrons. The molecule has 0 amide bonds. The first-order valence-electron chi connectivity index (χ1n) is 3.47. The molecule has 11 heavy (non-hydrogen) atoms. The van der Waals surface area contributed by atoms with Crippen molar-refractivity contribution in [1.29, 1.82) is 0 Å². The minimum Gasteiger partial charge on any atom is -0.262 e. The number of aromatic nitrogens is 1. The summed E-state index contributed by atoms with van der Waals surface area (Å²) < 4.78 is 0. The van der Waals surface area contributed by atoms with Crippen LogP contribution in [0.3, 0.4) is 0 Å². The fourth-order valence-electron chi connectivity index (χ4n) is 0.476. The molecule has 0 saturated carbocycles. The van der Waals surface area contributed by atoms with Gasteiger partial charge in [-0.15, -0.1) is 0 Å². The molecule has 1 rings (SSSR count). The Labute approximate surface area is 77.4 Å². The van der Waals surface area contributed by atoms with Gasteiger partial charge in [-0.25, -0.2) is 0 Å². The SMILES string of the molecule is CC.Cc1c(Cl)cncc1Cl. The topological polar surface area (TPSA) is 12.9 Å². The predicted molar refractivity (Wildman–Crippen MR) is 50.3 cm³/mol. The van der Waals surface area contributed by atoms with Crippen molar-refractivity contribution in [3.63, 3.8) is 0 Å². The summed E-state index contributed by atoms with van der Waals surface area (Å²) in [6, 6.07) is 0. The van der Waals surface area contributed by atoms with Gasteiger partial charge in [0.2, 0.25) is 0 Å². The van der Waals surface area contributed by atoms with Crippen LogP contribution in [0.2, 0.25) is 10.0 Å². The first-order chi connectivity index (χ1) is 5.22. The van der Waals surface area contributed by atoms with Crippen LogP contribution >= 0.6 is 23.2 Å². The highest BCUT2D eigenvalue weighted by atomic mass is 35.5. The molecule has 3 heteroatoms. The Morgan fingerprint density at radius 1 is 1.09 bits per heavy atom. The van der Waals surface area contributed by atoms with Gasteiger partial charge in [0, 0.05) is 12.4 Å². The second-order valence-corrected chi connectivity index (χ2v) is 2.54. The normalized spacial score (nSPS) is 8.45. The smallest absolute Gasteiger partial charge is 0.0633 e. The van der Waals surface area contributed by atoms with E-state index in [0.717, 1.165) is 5.56 Å². The second-order valence-electron chi connectivity index (χ2n) is 1.73. The molecule has 0 aliphatic rings. The molecular formula is C8H11Cl2N. The molecule has 1 nitrogen and oxygen atoms in total. The third kappa shape index (κ3) is 3.08. The molecule has 1 heterocycles. The summed E-state index contributed by atoms with van der Waals surface area (Å²) in [6.45, 7) is 5.85. The summed E-state index contributed by atoms with van der Waals surface area (Å²) in [5.41, 5.74) is 0.883. The van der Waals surface area contributed by atoms with Crippen LogP contribution in [0.1, 0.15) is 19.4 Å². The lowest BCUT2D eigenvalue weighted by atomic mass is 10.3. The molecule has 1 aromatic heterocycles. The monoisotopic (exact) mass is 191 g/mol. The summed E-state index contributed by atoms with van der Waals surface area (Å²) in [5, 5.41) is 1.23. The predicted octanol–water partition coefficient (Wildman–Crippen LogP) is 3.72. The molecule has 0 unspecified atom stereocenters. The van der Waals surface area contributed by atoms with Gasteiger partial charge in [-0.05, 0) is 12.5 Å². The van der Waals surface area contributed by atoms with E-state index in [9.17, 15) is 0 Å². The van der Waals surface area contributed by atoms with Gasteiger partial charge < -0.3 is 0 Å². The van der Waals surface area contributed by atoms with Gasteiger partial charge in [-0.3, -0.25) is 4.98 Å². The zero-order chi connectivity index (χ0) is 8.85. The Morgan fingerprint density at radius 3 is 1.73 bits per heavy atom. The van der Waals surface area contributed by atoms with Crippen LogP contribution in [0.5, 0.6) is 0 Å². The first-order valence-corrected chi connectivity index (χ1v) is 4.23. The summed E-state index contributed by atoms with van der Waals surface area (Å²) in [6.07, 6.45) is 3.14. The lowest BCUT2D eigenvalue weighted by Crippen LogP contribution is -1.78. The van der Waals surface area contributed by atoms with E-state index >= 15 is 0 Å². The number of nitrogens with zero attached hydrogens (tertiary/aromatic N) is 1. The van der Waals surface area contributed by atoms with Gasteiger partial charge >= 0.3 is 0 Å². The van der Waals surface area contributed by atoms with Crippen LogP contribution in [-0.2, 0) is 0 Å². The van der Waals surface area contributed by atoms with Crippen LogP contribution in [0.15, 0.2) is 12.4 Å². The van der Waals surface area contributed by atoms with E-state index in [1.165, 1.54) is 0 Å². The van der Waals surface area contributed by atoms with E-state index in [1.54, 1.807) is 12.4 Å². The molecule has 62 valence electrons. The van der Waals surface area contributed by atoms with Crippen molar-refractivity contribution in [2.24, 2.45) is 0 Å². The maximum atomic E-state index is 5.67. The van der Waals surface area contributed by atoms with E-state index < -0.39 is 0 Å². The van der Waals surface area contributed by atoms with Gasteiger partial charge in [0.1, 0.15) is 0 Å². The highest BCUT2D eigenvalue weighted by Crippen LogP contribution is 2.20. The van der Waals surface area contributed by atoms with Crippen LogP contribution in [0.25, 0.3) is 0 Å². The number of rotatable bonds is 0. The van der Waals surface area contributed by atoms with E-state index in [4.69, 9.17) is 23.2 Å². The van der Waals surface area contributed by atoms with Crippen molar-refractivity contribution in [2.75, 3.05) is 0 Å². The van der Waals surface area contributed by atoms with Crippen LogP contribution in [0, 0.1) is 6.92 Å². The lowest BCUT2D eigenvalue weighted by molar-refractivity contribution is 1.29. The van der Waals surface area contributed by atoms with Crippen molar-refractivity contribution in [3.05, 3.63) is 28.0 Å². The van der Waals surface area contributed by atoms with Crippen molar-refractivity contribution >= 4 is 23.2 Å². The van der Waals surface area contributed by atoms with Crippen molar-refractivity contribution in [3.8, 4) is 0 Å². The van der Waals surface area contributed by atoms with Crippen molar-refractivity contribution in [1.82, 2.24) is 4.98 Å². The van der Waals surface area contributed by atoms with Crippen molar-refractivity contribution in [2.45, 2.75) is 20.8 Å². The van der Waals surface area contributed by atoms with E-state index in [1.807, 2.05) is 20.8 Å². The molecule has 0 aliphatic heterocycles. The Morgan fingerprint density at radius 2 is 1.45 bits per heavy atom. The van der Waals surface area contributed by atoms with Crippen LogP contribution in [-0.4, -0.2) is 4.98 Å². The fourth-order valence-corrected chi connectivity index (χ4v) is 0.841. The Hall–Kier alpha value is -0.270. The standard InChI is InChI=1S/C6H5Cl2N.C2H6/c1-4-5(7)2-9-3-6(4)8;1-2/h2-3H,1H3;1-2H3. The Bertz CT molecular complexity index is 203. The van der Waals surface area contributed by atoms with Gasteiger partial charge in [0.15, 0.2) is 0 Å². The molecule has 0 aliphatic carbocycles. The van der Waals surface area contributed by atoms with E-state index in [0.29, 0.717) is 10.0 Å². The average Bonchev–Trinajstić information content (AvgIpc) is 2.04. The third-order valence-corrected chi connectivity index (χ3v) is 1.85. The maximum absolute atomic E-state index is 5.67. The van der Waals surface area contributed by atoms with Gasteiger partial charge in [0.05, 0.1) is 10.0 Å². The minimum absolute atomic E-state index is 0.613. The molecule has 0 aromatic carbocycles. The molecule has 0 fully saturated rings. The molecule has 0 N–H and O–H groups in total. The number of hydrogen-bond acceptors (Lipinski definition) is 1. The van der Waals surface area contributed by atoms with Gasteiger partial charge in [-0.2, -0.15) is 0 Å². The van der Waals surface area contributed by atoms with Crippen LogP contribution < -0.4 is 0 Å². The van der Waals surface area contributed by atoms with Crippen LogP contribution in [0.4, 0.5) is 0 Å². The third-order valence-electron chi connectivity index (χ3n) is 1.09. The molecular weight excluding hydrogens is 181 g/mol. The molecule has 0 spiro atoms. The highest BCUT2D eigenvalue weighted by Gasteiger charge is 1.97. The van der Waals surface area contributed by atoms with E-state index in [-0.39, 0.29) is 0 Å². The van der Waals surface area contributed by atoms with E-state index in [2.05, 4.69) is 4.98 Å². The fraction of sp³-hybridized carbons (Fsp3) is 0.375. The molecule has 0 atom stereocenters. The highest BCUT2D eigenvalue weighted by molar-refractivity contribution is 6.35.